The highest BCUT2D eigenvalue weighted by Crippen LogP contribution is 2.51. The third kappa shape index (κ3) is 4.39. The maximum atomic E-state index is 14.0. The van der Waals surface area contributed by atoms with Gasteiger partial charge in [-0.15, -0.1) is 0 Å². The summed E-state index contributed by atoms with van der Waals surface area (Å²) in [5, 5.41) is 1.08. The number of benzene rings is 1. The van der Waals surface area contributed by atoms with Crippen LogP contribution in [0.5, 0.6) is 5.75 Å². The Labute approximate surface area is 148 Å². The van der Waals surface area contributed by atoms with Crippen LogP contribution in [-0.4, -0.2) is 43.3 Å². The second-order valence-corrected chi connectivity index (χ2v) is 4.97. The van der Waals surface area contributed by atoms with Crippen LogP contribution in [0.15, 0.2) is 24.3 Å². The molecular weight excluding hydrogens is 427 g/mol. The van der Waals surface area contributed by atoms with E-state index in [9.17, 15) is 53.1 Å². The van der Waals surface area contributed by atoms with Crippen molar-refractivity contribution in [1.82, 2.24) is 0 Å². The van der Waals surface area contributed by atoms with E-state index in [4.69, 9.17) is 0 Å². The minimum Gasteiger partial charge on any atom is -0.497 e. The van der Waals surface area contributed by atoms with Gasteiger partial charge in [0.15, 0.2) is 0 Å². The molecule has 0 saturated carbocycles. The van der Waals surface area contributed by atoms with Crippen molar-refractivity contribution in [2.45, 2.75) is 30.2 Å². The zero-order valence-corrected chi connectivity index (χ0v) is 13.2. The summed E-state index contributed by atoms with van der Waals surface area (Å²) in [6.45, 7) is 0. The van der Waals surface area contributed by atoms with Crippen LogP contribution < -0.4 is 10.1 Å². The number of carbonyl (C=O) groups is 1. The number of amides is 1. The fraction of sp³-hybridized carbons (Fsp3) is 0.462. The van der Waals surface area contributed by atoms with Gasteiger partial charge in [0.25, 0.3) is 5.91 Å². The molecule has 28 heavy (non-hydrogen) atoms. The molecule has 0 spiro atoms. The van der Waals surface area contributed by atoms with E-state index < -0.39 is 41.8 Å². The van der Waals surface area contributed by atoms with E-state index in [0.717, 1.165) is 29.6 Å². The first-order valence-corrected chi connectivity index (χ1v) is 6.62. The Morgan fingerprint density at radius 1 is 0.821 bits per heavy atom. The van der Waals surface area contributed by atoms with Crippen molar-refractivity contribution in [1.29, 1.82) is 0 Å². The lowest BCUT2D eigenvalue weighted by molar-refractivity contribution is -0.472. The topological polar surface area (TPSA) is 47.6 Å². The zero-order valence-electron chi connectivity index (χ0n) is 13.2. The summed E-state index contributed by atoms with van der Waals surface area (Å²) >= 11 is 0. The second-order valence-electron chi connectivity index (χ2n) is 4.97. The number of anilines is 1. The summed E-state index contributed by atoms with van der Waals surface area (Å²) in [6, 6.07) is 3.60. The number of hydrogen-bond donors (Lipinski definition) is 1. The van der Waals surface area contributed by atoms with Crippen molar-refractivity contribution >= 4 is 11.6 Å². The SMILES string of the molecule is COc1ccc(NC(=O)C(F)(OC(F)(F)C(F)(F)C(F)(F)F)C(F)(F)F)cc1. The van der Waals surface area contributed by atoms with Gasteiger partial charge in [0.2, 0.25) is 0 Å². The molecular formula is C13H8F11NO3. The van der Waals surface area contributed by atoms with Crippen molar-refractivity contribution in [2.24, 2.45) is 0 Å². The summed E-state index contributed by atoms with van der Waals surface area (Å²) in [5.74, 6) is -16.5. The Balaban J connectivity index is 3.26. The van der Waals surface area contributed by atoms with Crippen molar-refractivity contribution in [2.75, 3.05) is 12.4 Å². The predicted octanol–water partition coefficient (Wildman–Crippen LogP) is 4.67. The summed E-state index contributed by atoms with van der Waals surface area (Å²) in [6.07, 6.45) is -21.0. The molecule has 1 amide bonds. The summed E-state index contributed by atoms with van der Waals surface area (Å²) in [7, 11) is 1.17. The standard InChI is InChI=1S/C13H8F11NO3/c1-27-7-4-2-6(3-5-7)25-8(26)9(14,11(17,18)19)28-13(23,24)10(15,16)12(20,21)22/h2-5H,1H3,(H,25,26). The third-order valence-electron chi connectivity index (χ3n) is 2.99. The van der Waals surface area contributed by atoms with Gasteiger partial charge in [0.05, 0.1) is 7.11 Å². The van der Waals surface area contributed by atoms with E-state index in [1.165, 1.54) is 7.11 Å². The highest BCUT2D eigenvalue weighted by atomic mass is 19.4. The molecule has 1 N–H and O–H groups in total. The normalized spacial score (nSPS) is 15.7. The van der Waals surface area contributed by atoms with Crippen LogP contribution in [0.4, 0.5) is 54.0 Å². The third-order valence-corrected chi connectivity index (χ3v) is 2.99. The first-order valence-electron chi connectivity index (χ1n) is 6.62. The molecule has 1 aromatic rings. The zero-order chi connectivity index (χ0) is 22.2. The minimum atomic E-state index is -7.25. The monoisotopic (exact) mass is 435 g/mol. The van der Waals surface area contributed by atoms with Gasteiger partial charge in [-0.2, -0.15) is 48.3 Å². The van der Waals surface area contributed by atoms with Gasteiger partial charge in [0.1, 0.15) is 5.75 Å². The lowest BCUT2D eigenvalue weighted by Crippen LogP contribution is -2.62. The number of methoxy groups -OCH3 is 1. The van der Waals surface area contributed by atoms with Gasteiger partial charge in [-0.3, -0.25) is 9.53 Å². The number of carbonyl (C=O) groups excluding carboxylic acids is 1. The maximum Gasteiger partial charge on any atom is 0.462 e. The predicted molar refractivity (Wildman–Crippen MR) is 68.6 cm³/mol. The summed E-state index contributed by atoms with van der Waals surface area (Å²) in [5.41, 5.74) is -0.674. The highest BCUT2D eigenvalue weighted by Gasteiger charge is 2.79. The molecule has 0 aliphatic heterocycles. The molecule has 0 radical (unpaired) electrons. The fourth-order valence-corrected chi connectivity index (χ4v) is 1.52. The number of rotatable bonds is 6. The smallest absolute Gasteiger partial charge is 0.462 e. The van der Waals surface area contributed by atoms with Gasteiger partial charge < -0.3 is 10.1 Å². The molecule has 0 bridgehead atoms. The van der Waals surface area contributed by atoms with E-state index in [0.29, 0.717) is 0 Å². The van der Waals surface area contributed by atoms with E-state index in [1.54, 1.807) is 0 Å². The lowest BCUT2D eigenvalue weighted by Gasteiger charge is -2.34. The van der Waals surface area contributed by atoms with Gasteiger partial charge in [0, 0.05) is 5.69 Å². The van der Waals surface area contributed by atoms with E-state index in [1.807, 2.05) is 0 Å². The summed E-state index contributed by atoms with van der Waals surface area (Å²) in [4.78, 5) is 11.5. The molecule has 1 aromatic carbocycles. The first-order chi connectivity index (χ1) is 12.4. The Hall–Kier alpha value is -2.32. The number of alkyl halides is 11. The van der Waals surface area contributed by atoms with Gasteiger partial charge in [-0.05, 0) is 24.3 Å². The quantitative estimate of drug-likeness (QED) is 0.661. The van der Waals surface area contributed by atoms with E-state index >= 15 is 0 Å². The van der Waals surface area contributed by atoms with Crippen molar-refractivity contribution in [3.05, 3.63) is 24.3 Å². The van der Waals surface area contributed by atoms with Gasteiger partial charge in [-0.25, -0.2) is 0 Å². The Morgan fingerprint density at radius 2 is 1.29 bits per heavy atom. The average Bonchev–Trinajstić information content (AvgIpc) is 2.52. The number of hydrogen-bond acceptors (Lipinski definition) is 3. The largest absolute Gasteiger partial charge is 0.497 e. The van der Waals surface area contributed by atoms with Crippen molar-refractivity contribution in [3.63, 3.8) is 0 Å². The molecule has 0 heterocycles. The molecule has 4 nitrogen and oxygen atoms in total. The molecule has 15 heteroatoms. The van der Waals surface area contributed by atoms with Crippen molar-refractivity contribution in [3.8, 4) is 5.75 Å². The summed E-state index contributed by atoms with van der Waals surface area (Å²) < 4.78 is 147. The molecule has 0 saturated heterocycles. The second kappa shape index (κ2) is 7.25. The van der Waals surface area contributed by atoms with E-state index in [-0.39, 0.29) is 5.75 Å². The molecule has 1 rings (SSSR count). The van der Waals surface area contributed by atoms with Crippen LogP contribution in [-0.2, 0) is 9.53 Å². The van der Waals surface area contributed by atoms with Crippen molar-refractivity contribution < 1.29 is 62.6 Å². The Morgan fingerprint density at radius 3 is 1.64 bits per heavy atom. The van der Waals surface area contributed by atoms with Crippen LogP contribution in [0.3, 0.4) is 0 Å². The number of ether oxygens (including phenoxy) is 2. The van der Waals surface area contributed by atoms with E-state index in [2.05, 4.69) is 9.47 Å². The molecule has 0 aliphatic carbocycles. The number of halogens is 11. The lowest BCUT2D eigenvalue weighted by atomic mass is 10.2. The Bertz CT molecular complexity index is 699. The molecule has 0 fully saturated rings. The molecule has 0 aromatic heterocycles. The fourth-order valence-electron chi connectivity index (χ4n) is 1.52. The molecule has 1 atom stereocenters. The Kier molecular flexibility index (Phi) is 6.14. The molecule has 0 aliphatic rings. The molecule has 160 valence electrons. The van der Waals surface area contributed by atoms with Gasteiger partial charge >= 0.3 is 30.2 Å². The number of nitrogens with one attached hydrogen (secondary N) is 1. The average molecular weight is 435 g/mol. The van der Waals surface area contributed by atoms with Crippen LogP contribution in [0.25, 0.3) is 0 Å². The first kappa shape index (κ1) is 23.7. The van der Waals surface area contributed by atoms with Gasteiger partial charge in [-0.1, -0.05) is 0 Å². The molecule has 1 unspecified atom stereocenters. The maximum absolute atomic E-state index is 14.0. The minimum absolute atomic E-state index is 0.0907. The van der Waals surface area contributed by atoms with Crippen LogP contribution >= 0.6 is 0 Å². The van der Waals surface area contributed by atoms with Crippen LogP contribution in [0, 0.1) is 0 Å². The van der Waals surface area contributed by atoms with Crippen LogP contribution in [0.1, 0.15) is 0 Å². The van der Waals surface area contributed by atoms with Crippen LogP contribution in [0.2, 0.25) is 0 Å². The highest BCUT2D eigenvalue weighted by molar-refractivity contribution is 5.96.